The molecule has 7 heteroatoms. The van der Waals surface area contributed by atoms with Gasteiger partial charge in [-0.3, -0.25) is 14.4 Å². The third-order valence-corrected chi connectivity index (χ3v) is 4.66. The van der Waals surface area contributed by atoms with E-state index >= 15 is 0 Å². The summed E-state index contributed by atoms with van der Waals surface area (Å²) >= 11 is 1.49. The van der Waals surface area contributed by atoms with Crippen molar-refractivity contribution in [2.75, 3.05) is 18.2 Å². The Bertz CT molecular complexity index is 630. The normalized spacial score (nSPS) is 15.4. The minimum atomic E-state index is -0.482. The molecule has 2 rings (SSSR count). The van der Waals surface area contributed by atoms with E-state index in [0.29, 0.717) is 11.6 Å². The molecule has 1 aromatic rings. The highest BCUT2D eigenvalue weighted by atomic mass is 32.2. The van der Waals surface area contributed by atoms with Gasteiger partial charge in [-0.2, -0.15) is 0 Å². The van der Waals surface area contributed by atoms with Crippen molar-refractivity contribution in [1.82, 2.24) is 10.2 Å². The molecule has 1 heterocycles. The molecule has 0 aromatic heterocycles. The molecule has 0 aliphatic carbocycles. The largest absolute Gasteiger partial charge is 0.463 e. The molecule has 1 fully saturated rings. The first-order valence-corrected chi connectivity index (χ1v) is 9.41. The quantitative estimate of drug-likeness (QED) is 0.749. The Kier molecular flexibility index (Phi) is 6.87. The number of hydrogen-bond acceptors (Lipinski definition) is 5. The summed E-state index contributed by atoms with van der Waals surface area (Å²) in [6, 6.07) is 7.16. The molecule has 1 saturated heterocycles. The van der Waals surface area contributed by atoms with Crippen molar-refractivity contribution in [3.8, 4) is 0 Å². The first kappa shape index (κ1) is 19.3. The van der Waals surface area contributed by atoms with Crippen molar-refractivity contribution in [3.05, 3.63) is 35.4 Å². The van der Waals surface area contributed by atoms with Crippen LogP contribution < -0.4 is 5.32 Å². The summed E-state index contributed by atoms with van der Waals surface area (Å²) in [5.74, 6) is 0.255. The van der Waals surface area contributed by atoms with Gasteiger partial charge in [-0.25, -0.2) is 0 Å². The van der Waals surface area contributed by atoms with Crippen molar-refractivity contribution in [1.29, 1.82) is 0 Å². The van der Waals surface area contributed by atoms with Crippen molar-refractivity contribution >= 4 is 29.5 Å². The third-order valence-electron chi connectivity index (χ3n) is 3.71. The zero-order valence-corrected chi connectivity index (χ0v) is 15.6. The van der Waals surface area contributed by atoms with E-state index in [-0.39, 0.29) is 36.9 Å². The van der Waals surface area contributed by atoms with Crippen molar-refractivity contribution in [2.24, 2.45) is 0 Å². The Labute approximate surface area is 152 Å². The number of carbonyl (C=O) groups is 3. The molecule has 0 unspecified atom stereocenters. The van der Waals surface area contributed by atoms with Crippen LogP contribution in [0.25, 0.3) is 0 Å². The summed E-state index contributed by atoms with van der Waals surface area (Å²) in [7, 11) is 0. The van der Waals surface area contributed by atoms with Gasteiger partial charge in [-0.15, -0.1) is 11.8 Å². The monoisotopic (exact) mass is 364 g/mol. The molecule has 136 valence electrons. The molecule has 1 aliphatic heterocycles. The molecule has 2 amide bonds. The van der Waals surface area contributed by atoms with E-state index in [4.69, 9.17) is 4.74 Å². The van der Waals surface area contributed by atoms with Crippen LogP contribution in [0.2, 0.25) is 0 Å². The number of hydrogen-bond donors (Lipinski definition) is 1. The summed E-state index contributed by atoms with van der Waals surface area (Å²) in [5, 5.41) is 2.86. The number of carbonyl (C=O) groups excluding carboxylic acids is 3. The molecule has 1 N–H and O–H groups in total. The van der Waals surface area contributed by atoms with Crippen LogP contribution in [-0.2, 0) is 19.1 Å². The highest BCUT2D eigenvalue weighted by molar-refractivity contribution is 8.00. The van der Waals surface area contributed by atoms with Gasteiger partial charge < -0.3 is 15.0 Å². The molecule has 1 aliphatic rings. The second-order valence-corrected chi connectivity index (χ2v) is 7.30. The fourth-order valence-corrected chi connectivity index (χ4v) is 3.39. The standard InChI is InChI=1S/C18H24N2O4S/c1-12(2)24-18(23)8-15(14-6-4-13(3)5-7-14)19-16(21)9-20-11-25-10-17(20)22/h4-7,12,15H,8-11H2,1-3H3,(H,19,21)/t15-/m0/s1. The Morgan fingerprint density at radius 1 is 1.28 bits per heavy atom. The molecule has 1 aromatic carbocycles. The average Bonchev–Trinajstić information content (AvgIpc) is 2.91. The Morgan fingerprint density at radius 2 is 1.96 bits per heavy atom. The number of rotatable bonds is 7. The molecule has 1 atom stereocenters. The molecule has 0 bridgehead atoms. The van der Waals surface area contributed by atoms with Gasteiger partial charge >= 0.3 is 5.97 Å². The van der Waals surface area contributed by atoms with E-state index in [9.17, 15) is 14.4 Å². The lowest BCUT2D eigenvalue weighted by molar-refractivity contribution is -0.148. The number of nitrogens with zero attached hydrogens (tertiary/aromatic N) is 1. The van der Waals surface area contributed by atoms with Gasteiger partial charge in [0.25, 0.3) is 0 Å². The molecular weight excluding hydrogens is 340 g/mol. The predicted octanol–water partition coefficient (Wildman–Crippen LogP) is 2.03. The highest BCUT2D eigenvalue weighted by Crippen LogP contribution is 2.19. The fourth-order valence-electron chi connectivity index (χ4n) is 2.48. The fraction of sp³-hybridized carbons (Fsp3) is 0.500. The van der Waals surface area contributed by atoms with Gasteiger partial charge in [-0.05, 0) is 26.3 Å². The zero-order valence-electron chi connectivity index (χ0n) is 14.8. The number of thioether (sulfide) groups is 1. The molecule has 0 saturated carbocycles. The van der Waals surface area contributed by atoms with Crippen LogP contribution >= 0.6 is 11.8 Å². The van der Waals surface area contributed by atoms with E-state index in [1.54, 1.807) is 13.8 Å². The lowest BCUT2D eigenvalue weighted by atomic mass is 10.0. The smallest absolute Gasteiger partial charge is 0.308 e. The number of ether oxygens (including phenoxy) is 1. The molecule has 6 nitrogen and oxygen atoms in total. The average molecular weight is 364 g/mol. The maximum absolute atomic E-state index is 12.3. The SMILES string of the molecule is Cc1ccc([C@H](CC(=O)OC(C)C)NC(=O)CN2CSCC2=O)cc1. The van der Waals surface area contributed by atoms with Crippen LogP contribution in [0.1, 0.15) is 37.4 Å². The van der Waals surface area contributed by atoms with Crippen LogP contribution in [-0.4, -0.2) is 47.0 Å². The highest BCUT2D eigenvalue weighted by Gasteiger charge is 2.25. The lowest BCUT2D eigenvalue weighted by Crippen LogP contribution is -2.40. The van der Waals surface area contributed by atoms with Crippen molar-refractivity contribution < 1.29 is 19.1 Å². The summed E-state index contributed by atoms with van der Waals surface area (Å²) < 4.78 is 5.20. The molecule has 0 radical (unpaired) electrons. The van der Waals surface area contributed by atoms with Gasteiger partial charge in [-0.1, -0.05) is 29.8 Å². The lowest BCUT2D eigenvalue weighted by Gasteiger charge is -2.21. The first-order chi connectivity index (χ1) is 11.8. The third kappa shape index (κ3) is 6.08. The summed E-state index contributed by atoms with van der Waals surface area (Å²) in [6.07, 6.45) is -0.156. The summed E-state index contributed by atoms with van der Waals surface area (Å²) in [6.45, 7) is 5.55. The van der Waals surface area contributed by atoms with Gasteiger partial charge in [0, 0.05) is 0 Å². The minimum Gasteiger partial charge on any atom is -0.463 e. The zero-order chi connectivity index (χ0) is 18.4. The number of benzene rings is 1. The van der Waals surface area contributed by atoms with Gasteiger partial charge in [0.05, 0.1) is 30.2 Å². The van der Waals surface area contributed by atoms with E-state index in [0.717, 1.165) is 11.1 Å². The van der Waals surface area contributed by atoms with E-state index in [2.05, 4.69) is 5.32 Å². The maximum atomic E-state index is 12.3. The topological polar surface area (TPSA) is 75.7 Å². The molecule has 0 spiro atoms. The Balaban J connectivity index is 2.04. The Morgan fingerprint density at radius 3 is 2.52 bits per heavy atom. The number of nitrogens with one attached hydrogen (secondary N) is 1. The first-order valence-electron chi connectivity index (χ1n) is 8.26. The number of amides is 2. The van der Waals surface area contributed by atoms with E-state index in [1.807, 2.05) is 31.2 Å². The van der Waals surface area contributed by atoms with Crippen LogP contribution in [0, 0.1) is 6.92 Å². The molecule has 25 heavy (non-hydrogen) atoms. The minimum absolute atomic E-state index is 0.00736. The second-order valence-electron chi connectivity index (χ2n) is 6.34. The number of aryl methyl sites for hydroxylation is 1. The molecular formula is C18H24N2O4S. The van der Waals surface area contributed by atoms with Gasteiger partial charge in [0.15, 0.2) is 0 Å². The van der Waals surface area contributed by atoms with Crippen molar-refractivity contribution in [2.45, 2.75) is 39.3 Å². The van der Waals surface area contributed by atoms with Gasteiger partial charge in [0.1, 0.15) is 6.54 Å². The van der Waals surface area contributed by atoms with Crippen molar-refractivity contribution in [3.63, 3.8) is 0 Å². The summed E-state index contributed by atoms with van der Waals surface area (Å²) in [5.41, 5.74) is 1.93. The second kappa shape index (κ2) is 8.89. The van der Waals surface area contributed by atoms with Crippen LogP contribution in [0.15, 0.2) is 24.3 Å². The van der Waals surface area contributed by atoms with Crippen LogP contribution in [0.5, 0.6) is 0 Å². The van der Waals surface area contributed by atoms with Crippen LogP contribution in [0.4, 0.5) is 0 Å². The Hall–Kier alpha value is -2.02. The van der Waals surface area contributed by atoms with E-state index < -0.39 is 6.04 Å². The maximum Gasteiger partial charge on any atom is 0.308 e. The van der Waals surface area contributed by atoms with Gasteiger partial charge in [0.2, 0.25) is 11.8 Å². The predicted molar refractivity (Wildman–Crippen MR) is 96.9 cm³/mol. The van der Waals surface area contributed by atoms with Crippen LogP contribution in [0.3, 0.4) is 0 Å². The van der Waals surface area contributed by atoms with E-state index in [1.165, 1.54) is 16.7 Å². The number of esters is 1. The summed E-state index contributed by atoms with van der Waals surface area (Å²) in [4.78, 5) is 37.5.